The minimum atomic E-state index is -0.675. The van der Waals surface area contributed by atoms with Gasteiger partial charge < -0.3 is 24.2 Å². The number of carbonyl (C=O) groups excluding carboxylic acids is 1. The molecule has 0 saturated carbocycles. The molecule has 1 unspecified atom stereocenters. The fraction of sp³-hybridized carbons (Fsp3) is 0.875. The van der Waals surface area contributed by atoms with Crippen LogP contribution in [0, 0.1) is 6.57 Å². The van der Waals surface area contributed by atoms with E-state index in [1.54, 1.807) is 0 Å². The van der Waals surface area contributed by atoms with Gasteiger partial charge in [0, 0.05) is 26.2 Å². The van der Waals surface area contributed by atoms with Gasteiger partial charge in [-0.1, -0.05) is 0 Å². The van der Waals surface area contributed by atoms with E-state index in [1.807, 2.05) is 6.92 Å². The molecule has 2 aliphatic rings. The number of carbonyl (C=O) groups is 1. The minimum Gasteiger partial charge on any atom is -0.469 e. The van der Waals surface area contributed by atoms with E-state index in [4.69, 9.17) is 16.0 Å². The zero-order valence-corrected chi connectivity index (χ0v) is 13.3. The number of rotatable bonds is 6. The molecule has 0 aliphatic carbocycles. The first-order chi connectivity index (χ1) is 10.5. The molecule has 0 spiro atoms. The largest absolute Gasteiger partial charge is 0.469 e. The molecule has 2 heterocycles. The zero-order chi connectivity index (χ0) is 16.2. The van der Waals surface area contributed by atoms with Crippen molar-refractivity contribution in [3.63, 3.8) is 0 Å². The Balaban J connectivity index is 1.94. The summed E-state index contributed by atoms with van der Waals surface area (Å²) in [5.74, 6) is -0.249. The van der Waals surface area contributed by atoms with Crippen LogP contribution >= 0.6 is 0 Å². The van der Waals surface area contributed by atoms with Crippen molar-refractivity contribution in [1.82, 2.24) is 0 Å². The van der Waals surface area contributed by atoms with Gasteiger partial charge in [0.15, 0.2) is 0 Å². The molecule has 0 aromatic heterocycles. The Morgan fingerprint density at radius 2 is 2.27 bits per heavy atom. The molecule has 0 aromatic carbocycles. The highest BCUT2D eigenvalue weighted by Gasteiger charge is 2.52. The highest BCUT2D eigenvalue weighted by molar-refractivity contribution is 5.69. The van der Waals surface area contributed by atoms with Crippen molar-refractivity contribution < 1.29 is 24.1 Å². The third-order valence-electron chi connectivity index (χ3n) is 4.66. The van der Waals surface area contributed by atoms with Crippen LogP contribution < -0.4 is 0 Å². The number of nitrogens with zero attached hydrogens (tertiary/aromatic N) is 1. The number of aliphatic hydroxyl groups is 1. The van der Waals surface area contributed by atoms with Crippen LogP contribution in [0.4, 0.5) is 0 Å². The van der Waals surface area contributed by atoms with E-state index in [0.717, 1.165) is 12.8 Å². The lowest BCUT2D eigenvalue weighted by atomic mass is 9.85. The zero-order valence-electron chi connectivity index (χ0n) is 13.3. The van der Waals surface area contributed by atoms with Gasteiger partial charge in [-0.15, -0.1) is 0 Å². The standard InChI is InChI=1S/C16H25NO5/c1-11(17-2)8-12-4-6-14-16(10-18,22-12)9-13(21-14)5-7-15(19)20-3/h11-14,18H,4-10H2,1,3H3/t11-,12?,13+,14+,16-/m1/s1. The Morgan fingerprint density at radius 3 is 2.91 bits per heavy atom. The van der Waals surface area contributed by atoms with Gasteiger partial charge in [-0.3, -0.25) is 4.79 Å². The topological polar surface area (TPSA) is 69.4 Å². The Hall–Kier alpha value is -1.16. The molecular weight excluding hydrogens is 286 g/mol. The maximum Gasteiger partial charge on any atom is 0.305 e. The highest BCUT2D eigenvalue weighted by atomic mass is 16.6. The number of methoxy groups -OCH3 is 1. The lowest BCUT2D eigenvalue weighted by Gasteiger charge is -2.40. The third kappa shape index (κ3) is 3.78. The van der Waals surface area contributed by atoms with E-state index in [9.17, 15) is 9.90 Å². The summed E-state index contributed by atoms with van der Waals surface area (Å²) in [5, 5.41) is 9.85. The normalized spacial score (nSPS) is 35.5. The first-order valence-corrected chi connectivity index (χ1v) is 7.90. The minimum absolute atomic E-state index is 0.00421. The smallest absolute Gasteiger partial charge is 0.305 e. The molecule has 124 valence electrons. The molecule has 2 aliphatic heterocycles. The van der Waals surface area contributed by atoms with Crippen molar-refractivity contribution in [1.29, 1.82) is 0 Å². The van der Waals surface area contributed by atoms with Gasteiger partial charge in [0.2, 0.25) is 6.04 Å². The molecule has 1 N–H and O–H groups in total. The summed E-state index contributed by atoms with van der Waals surface area (Å²) in [6.45, 7) is 8.86. The number of aliphatic hydroxyl groups excluding tert-OH is 1. The first-order valence-electron chi connectivity index (χ1n) is 7.90. The summed E-state index contributed by atoms with van der Waals surface area (Å²) < 4.78 is 16.8. The second-order valence-electron chi connectivity index (χ2n) is 6.32. The predicted octanol–water partition coefficient (Wildman–Crippen LogP) is 1.71. The molecule has 0 bridgehead atoms. The fourth-order valence-corrected chi connectivity index (χ4v) is 3.46. The van der Waals surface area contributed by atoms with Gasteiger partial charge in [0.05, 0.1) is 32.0 Å². The molecule has 0 aromatic rings. The summed E-state index contributed by atoms with van der Waals surface area (Å²) in [6, 6.07) is -0.0743. The monoisotopic (exact) mass is 311 g/mol. The van der Waals surface area contributed by atoms with E-state index >= 15 is 0 Å². The number of esters is 1. The van der Waals surface area contributed by atoms with E-state index < -0.39 is 5.60 Å². The van der Waals surface area contributed by atoms with Crippen LogP contribution in [0.15, 0.2) is 0 Å². The van der Waals surface area contributed by atoms with E-state index in [0.29, 0.717) is 25.7 Å². The van der Waals surface area contributed by atoms with Crippen molar-refractivity contribution in [2.75, 3.05) is 13.7 Å². The van der Waals surface area contributed by atoms with Crippen LogP contribution in [0.25, 0.3) is 4.85 Å². The summed E-state index contributed by atoms with van der Waals surface area (Å²) in [5.41, 5.74) is -0.675. The second-order valence-corrected chi connectivity index (χ2v) is 6.32. The maximum absolute atomic E-state index is 11.3. The van der Waals surface area contributed by atoms with Gasteiger partial charge in [0.25, 0.3) is 0 Å². The van der Waals surface area contributed by atoms with Crippen molar-refractivity contribution >= 4 is 5.97 Å². The molecule has 2 saturated heterocycles. The molecule has 2 fully saturated rings. The molecular formula is C16H25NO5. The lowest BCUT2D eigenvalue weighted by Crippen LogP contribution is -2.51. The van der Waals surface area contributed by atoms with Gasteiger partial charge in [0.1, 0.15) is 5.60 Å². The van der Waals surface area contributed by atoms with Crippen LogP contribution in [-0.2, 0) is 19.0 Å². The van der Waals surface area contributed by atoms with Gasteiger partial charge in [-0.05, 0) is 19.3 Å². The maximum atomic E-state index is 11.3. The lowest BCUT2D eigenvalue weighted by molar-refractivity contribution is -0.184. The average molecular weight is 311 g/mol. The van der Waals surface area contributed by atoms with Crippen molar-refractivity contribution in [3.8, 4) is 0 Å². The van der Waals surface area contributed by atoms with Crippen LogP contribution in [0.2, 0.25) is 0 Å². The molecule has 0 radical (unpaired) electrons. The predicted molar refractivity (Wildman–Crippen MR) is 79.1 cm³/mol. The number of ether oxygens (including phenoxy) is 3. The molecule has 2 rings (SSSR count). The number of hydrogen-bond acceptors (Lipinski definition) is 5. The summed E-state index contributed by atoms with van der Waals surface area (Å²) in [7, 11) is 1.37. The molecule has 22 heavy (non-hydrogen) atoms. The van der Waals surface area contributed by atoms with Crippen molar-refractivity contribution in [3.05, 3.63) is 11.4 Å². The van der Waals surface area contributed by atoms with Gasteiger partial charge in [-0.2, -0.15) is 0 Å². The Kier molecular flexibility index (Phi) is 5.79. The van der Waals surface area contributed by atoms with Crippen LogP contribution in [0.1, 0.15) is 45.4 Å². The van der Waals surface area contributed by atoms with Crippen LogP contribution in [0.5, 0.6) is 0 Å². The Morgan fingerprint density at radius 1 is 1.50 bits per heavy atom. The summed E-state index contributed by atoms with van der Waals surface area (Å²) in [4.78, 5) is 14.8. The van der Waals surface area contributed by atoms with Crippen LogP contribution in [-0.4, -0.2) is 54.7 Å². The quantitative estimate of drug-likeness (QED) is 0.597. The Bertz CT molecular complexity index is 435. The molecule has 0 amide bonds. The van der Waals surface area contributed by atoms with E-state index in [-0.39, 0.29) is 36.9 Å². The summed E-state index contributed by atoms with van der Waals surface area (Å²) >= 11 is 0. The highest BCUT2D eigenvalue weighted by Crippen LogP contribution is 2.43. The second kappa shape index (κ2) is 7.40. The Labute approximate surface area is 131 Å². The SMILES string of the molecule is [C-]#[N+][C@H](C)CC1CC[C@@H]2O[C@@H](CCC(=O)OC)C[C@]2(CO)O1. The van der Waals surface area contributed by atoms with E-state index in [1.165, 1.54) is 7.11 Å². The summed E-state index contributed by atoms with van der Waals surface area (Å²) in [6.07, 6.45) is 3.62. The number of fused-ring (bicyclic) bond motifs is 1. The molecule has 5 atom stereocenters. The van der Waals surface area contributed by atoms with Gasteiger partial charge >= 0.3 is 5.97 Å². The van der Waals surface area contributed by atoms with E-state index in [2.05, 4.69) is 9.58 Å². The first kappa shape index (κ1) is 17.2. The van der Waals surface area contributed by atoms with Gasteiger partial charge in [-0.25, -0.2) is 6.57 Å². The third-order valence-corrected chi connectivity index (χ3v) is 4.66. The van der Waals surface area contributed by atoms with Crippen LogP contribution in [0.3, 0.4) is 0 Å². The van der Waals surface area contributed by atoms with Crippen molar-refractivity contribution in [2.45, 2.75) is 75.4 Å². The number of hydrogen-bond donors (Lipinski definition) is 1. The molecule has 6 heteroatoms. The molecule has 6 nitrogen and oxygen atoms in total. The fourth-order valence-electron chi connectivity index (χ4n) is 3.46. The van der Waals surface area contributed by atoms with Crippen molar-refractivity contribution in [2.24, 2.45) is 0 Å². The average Bonchev–Trinajstić information content (AvgIpc) is 2.90.